The van der Waals surface area contributed by atoms with Gasteiger partial charge in [-0.15, -0.1) is 0 Å². The lowest BCUT2D eigenvalue weighted by molar-refractivity contribution is 0.445. The highest BCUT2D eigenvalue weighted by Gasteiger charge is 2.07. The first-order chi connectivity index (χ1) is 7.18. The molecule has 0 aliphatic heterocycles. The third-order valence-electron chi connectivity index (χ3n) is 2.12. The third-order valence-corrected chi connectivity index (χ3v) is 2.12. The first kappa shape index (κ1) is 9.45. The molecule has 1 heterocycles. The van der Waals surface area contributed by atoms with Gasteiger partial charge >= 0.3 is 0 Å². The molecule has 0 spiro atoms. The van der Waals surface area contributed by atoms with Crippen molar-refractivity contribution < 1.29 is 5.11 Å². The summed E-state index contributed by atoms with van der Waals surface area (Å²) in [6.07, 6.45) is 0. The molecular formula is C11H10N2O2. The van der Waals surface area contributed by atoms with Gasteiger partial charge in [-0.1, -0.05) is 30.3 Å². The predicted molar refractivity (Wildman–Crippen MR) is 56.7 cm³/mol. The molecule has 2 N–H and O–H groups in total. The molecule has 4 nitrogen and oxygen atoms in total. The number of aromatic amines is 1. The minimum absolute atomic E-state index is 0.145. The highest BCUT2D eigenvalue weighted by Crippen LogP contribution is 2.15. The Labute approximate surface area is 86.2 Å². The lowest BCUT2D eigenvalue weighted by Crippen LogP contribution is -2.12. The fourth-order valence-corrected chi connectivity index (χ4v) is 1.32. The summed E-state index contributed by atoms with van der Waals surface area (Å²) in [5.74, 6) is -0.145. The Morgan fingerprint density at radius 1 is 1.27 bits per heavy atom. The number of nitrogens with one attached hydrogen (secondary N) is 1. The fraction of sp³-hybridized carbons (Fsp3) is 0.0909. The average Bonchev–Trinajstić information content (AvgIpc) is 2.25. The Kier molecular flexibility index (Phi) is 2.25. The van der Waals surface area contributed by atoms with Gasteiger partial charge in [0.2, 0.25) is 5.88 Å². The zero-order valence-corrected chi connectivity index (χ0v) is 8.19. The zero-order valence-electron chi connectivity index (χ0n) is 8.19. The normalized spacial score (nSPS) is 10.2. The zero-order chi connectivity index (χ0) is 10.8. The number of nitrogens with zero attached hydrogens (tertiary/aromatic N) is 1. The van der Waals surface area contributed by atoms with E-state index in [2.05, 4.69) is 9.97 Å². The number of rotatable bonds is 1. The molecule has 76 valence electrons. The maximum absolute atomic E-state index is 11.6. The minimum Gasteiger partial charge on any atom is -0.492 e. The number of benzene rings is 1. The number of hydrogen-bond donors (Lipinski definition) is 2. The first-order valence-corrected chi connectivity index (χ1v) is 4.54. The summed E-state index contributed by atoms with van der Waals surface area (Å²) in [5, 5.41) is 9.40. The topological polar surface area (TPSA) is 66.0 Å². The lowest BCUT2D eigenvalue weighted by atomic mass is 10.1. The smallest absolute Gasteiger partial charge is 0.274 e. The van der Waals surface area contributed by atoms with Crippen LogP contribution in [0.3, 0.4) is 0 Å². The van der Waals surface area contributed by atoms with Gasteiger partial charge in [-0.3, -0.25) is 4.79 Å². The van der Waals surface area contributed by atoms with Gasteiger partial charge in [0.1, 0.15) is 5.69 Å². The molecule has 2 rings (SSSR count). The molecule has 0 unspecified atom stereocenters. The molecule has 0 atom stereocenters. The Morgan fingerprint density at radius 3 is 2.60 bits per heavy atom. The summed E-state index contributed by atoms with van der Waals surface area (Å²) in [6.45, 7) is 1.60. The van der Waals surface area contributed by atoms with Crippen LogP contribution in [0, 0.1) is 6.92 Å². The van der Waals surface area contributed by atoms with Gasteiger partial charge in [-0.2, -0.15) is 0 Å². The minimum atomic E-state index is -0.295. The van der Waals surface area contributed by atoms with Crippen LogP contribution in [0.5, 0.6) is 5.88 Å². The molecule has 0 radical (unpaired) electrons. The van der Waals surface area contributed by atoms with Crippen LogP contribution in [0.1, 0.15) is 5.69 Å². The van der Waals surface area contributed by atoms with Crippen molar-refractivity contribution in [1.29, 1.82) is 0 Å². The van der Waals surface area contributed by atoms with Crippen LogP contribution in [-0.2, 0) is 0 Å². The number of H-pyrrole nitrogens is 1. The summed E-state index contributed by atoms with van der Waals surface area (Å²) >= 11 is 0. The van der Waals surface area contributed by atoms with Crippen molar-refractivity contribution in [3.8, 4) is 17.1 Å². The number of hydrogen-bond acceptors (Lipinski definition) is 3. The van der Waals surface area contributed by atoms with Crippen molar-refractivity contribution in [2.24, 2.45) is 0 Å². The maximum atomic E-state index is 11.6. The second kappa shape index (κ2) is 3.57. The Balaban J connectivity index is 2.65. The molecular weight excluding hydrogens is 192 g/mol. The average molecular weight is 202 g/mol. The Bertz CT molecular complexity index is 532. The second-order valence-electron chi connectivity index (χ2n) is 3.23. The summed E-state index contributed by atoms with van der Waals surface area (Å²) in [6, 6.07) is 9.02. The van der Waals surface area contributed by atoms with Crippen LogP contribution in [-0.4, -0.2) is 15.1 Å². The van der Waals surface area contributed by atoms with E-state index in [4.69, 9.17) is 0 Å². The van der Waals surface area contributed by atoms with Gasteiger partial charge in [0.25, 0.3) is 5.56 Å². The predicted octanol–water partition coefficient (Wildman–Crippen LogP) is 1.45. The quantitative estimate of drug-likeness (QED) is 0.735. The standard InChI is InChI=1S/C11H10N2O2/c1-7-10(14)13-9(11(15)12-7)8-5-3-2-4-6-8/h2-6H,1H3,(H,12,15)(H,13,14). The summed E-state index contributed by atoms with van der Waals surface area (Å²) in [5.41, 5.74) is 1.00. The van der Waals surface area contributed by atoms with Crippen molar-refractivity contribution in [2.75, 3.05) is 0 Å². The van der Waals surface area contributed by atoms with Gasteiger partial charge in [0.15, 0.2) is 0 Å². The molecule has 1 aromatic heterocycles. The molecule has 4 heteroatoms. The van der Waals surface area contributed by atoms with E-state index in [1.807, 2.05) is 18.2 Å². The van der Waals surface area contributed by atoms with E-state index in [1.165, 1.54) is 0 Å². The SMILES string of the molecule is Cc1[nH]c(=O)c(-c2ccccc2)nc1O. The van der Waals surface area contributed by atoms with E-state index < -0.39 is 0 Å². The molecule has 0 bridgehead atoms. The number of aromatic nitrogens is 2. The van der Waals surface area contributed by atoms with Gasteiger partial charge in [0.05, 0.1) is 5.69 Å². The second-order valence-corrected chi connectivity index (χ2v) is 3.23. The van der Waals surface area contributed by atoms with Crippen LogP contribution < -0.4 is 5.56 Å². The van der Waals surface area contributed by atoms with Crippen molar-refractivity contribution >= 4 is 0 Å². The fourth-order valence-electron chi connectivity index (χ4n) is 1.32. The van der Waals surface area contributed by atoms with Crippen molar-refractivity contribution in [1.82, 2.24) is 9.97 Å². The largest absolute Gasteiger partial charge is 0.492 e. The van der Waals surface area contributed by atoms with E-state index in [-0.39, 0.29) is 17.1 Å². The van der Waals surface area contributed by atoms with Gasteiger partial charge in [-0.05, 0) is 6.92 Å². The van der Waals surface area contributed by atoms with Gasteiger partial charge in [0, 0.05) is 5.56 Å². The number of aromatic hydroxyl groups is 1. The molecule has 0 amide bonds. The third kappa shape index (κ3) is 1.74. The molecule has 1 aromatic carbocycles. The first-order valence-electron chi connectivity index (χ1n) is 4.54. The van der Waals surface area contributed by atoms with Crippen LogP contribution >= 0.6 is 0 Å². The van der Waals surface area contributed by atoms with E-state index in [1.54, 1.807) is 19.1 Å². The van der Waals surface area contributed by atoms with Crippen LogP contribution in [0.15, 0.2) is 35.1 Å². The Hall–Kier alpha value is -2.10. The van der Waals surface area contributed by atoms with Crippen LogP contribution in [0.4, 0.5) is 0 Å². The summed E-state index contributed by atoms with van der Waals surface area (Å²) in [4.78, 5) is 18.0. The maximum Gasteiger partial charge on any atom is 0.274 e. The lowest BCUT2D eigenvalue weighted by Gasteiger charge is -2.02. The van der Waals surface area contributed by atoms with E-state index >= 15 is 0 Å². The van der Waals surface area contributed by atoms with E-state index in [0.717, 1.165) is 0 Å². The van der Waals surface area contributed by atoms with E-state index in [0.29, 0.717) is 11.3 Å². The Morgan fingerprint density at radius 2 is 1.93 bits per heavy atom. The highest BCUT2D eigenvalue weighted by molar-refractivity contribution is 5.58. The number of aryl methyl sites for hydroxylation is 1. The molecule has 0 saturated carbocycles. The summed E-state index contributed by atoms with van der Waals surface area (Å²) < 4.78 is 0. The monoisotopic (exact) mass is 202 g/mol. The van der Waals surface area contributed by atoms with E-state index in [9.17, 15) is 9.90 Å². The molecule has 0 fully saturated rings. The molecule has 0 saturated heterocycles. The molecule has 2 aromatic rings. The van der Waals surface area contributed by atoms with Crippen molar-refractivity contribution in [3.63, 3.8) is 0 Å². The van der Waals surface area contributed by atoms with Crippen LogP contribution in [0.2, 0.25) is 0 Å². The van der Waals surface area contributed by atoms with Crippen molar-refractivity contribution in [2.45, 2.75) is 6.92 Å². The van der Waals surface area contributed by atoms with Gasteiger partial charge in [-0.25, -0.2) is 4.98 Å². The molecule has 15 heavy (non-hydrogen) atoms. The van der Waals surface area contributed by atoms with Gasteiger partial charge < -0.3 is 10.1 Å². The molecule has 0 aliphatic carbocycles. The highest BCUT2D eigenvalue weighted by atomic mass is 16.3. The van der Waals surface area contributed by atoms with Crippen LogP contribution in [0.25, 0.3) is 11.3 Å². The summed E-state index contributed by atoms with van der Waals surface area (Å²) in [7, 11) is 0. The molecule has 0 aliphatic rings. The van der Waals surface area contributed by atoms with Crippen molar-refractivity contribution in [3.05, 3.63) is 46.4 Å².